The van der Waals surface area contributed by atoms with Gasteiger partial charge in [-0.3, -0.25) is 4.90 Å². The first-order valence-corrected chi connectivity index (χ1v) is 4.47. The first kappa shape index (κ1) is 10.3. The average Bonchev–Trinajstić information content (AvgIpc) is 2.46. The van der Waals surface area contributed by atoms with Gasteiger partial charge < -0.3 is 16.0 Å². The van der Waals surface area contributed by atoms with Crippen LogP contribution in [0, 0.1) is 11.8 Å². The van der Waals surface area contributed by atoms with Crippen molar-refractivity contribution in [2.75, 3.05) is 26.2 Å². The van der Waals surface area contributed by atoms with Crippen molar-refractivity contribution in [1.29, 1.82) is 0 Å². The summed E-state index contributed by atoms with van der Waals surface area (Å²) in [4.78, 5) is 2.08. The minimum absolute atomic E-state index is 0.216. The van der Waals surface area contributed by atoms with E-state index in [1.165, 1.54) is 0 Å². The molecule has 1 rings (SSSR count). The molecule has 5 heteroatoms. The molecule has 1 fully saturated rings. The van der Waals surface area contributed by atoms with Gasteiger partial charge in [0.1, 0.15) is 0 Å². The predicted molar refractivity (Wildman–Crippen MR) is 49.6 cm³/mol. The number of amidine groups is 1. The van der Waals surface area contributed by atoms with E-state index in [4.69, 9.17) is 16.0 Å². The van der Waals surface area contributed by atoms with Crippen molar-refractivity contribution < 1.29 is 10.3 Å². The van der Waals surface area contributed by atoms with Crippen LogP contribution in [0.1, 0.15) is 6.92 Å². The van der Waals surface area contributed by atoms with E-state index in [-0.39, 0.29) is 12.4 Å². The Morgan fingerprint density at radius 2 is 2.31 bits per heavy atom. The van der Waals surface area contributed by atoms with Gasteiger partial charge in [0.2, 0.25) is 0 Å². The highest BCUT2D eigenvalue weighted by molar-refractivity contribution is 5.81. The maximum absolute atomic E-state index is 9.01. The van der Waals surface area contributed by atoms with Crippen LogP contribution in [0.25, 0.3) is 0 Å². The van der Waals surface area contributed by atoms with Gasteiger partial charge in [0.05, 0.1) is 6.54 Å². The number of hydrogen-bond acceptors (Lipinski definition) is 4. The smallest absolute Gasteiger partial charge is 0.153 e. The second-order valence-electron chi connectivity index (χ2n) is 3.71. The van der Waals surface area contributed by atoms with E-state index in [2.05, 4.69) is 17.0 Å². The number of nitrogens with two attached hydrogens (primary N) is 1. The van der Waals surface area contributed by atoms with Crippen LogP contribution in [0.2, 0.25) is 0 Å². The van der Waals surface area contributed by atoms with Gasteiger partial charge in [-0.25, -0.2) is 0 Å². The molecule has 0 radical (unpaired) electrons. The number of rotatable bonds is 3. The molecule has 0 saturated carbocycles. The SMILES string of the molecule is C[C@H]1CN(CC(N)=NO)C[C@@H]1CO. The summed E-state index contributed by atoms with van der Waals surface area (Å²) in [7, 11) is 0. The first-order valence-electron chi connectivity index (χ1n) is 4.47. The van der Waals surface area contributed by atoms with E-state index in [1.807, 2.05) is 0 Å². The van der Waals surface area contributed by atoms with Crippen LogP contribution in [-0.4, -0.2) is 47.3 Å². The lowest BCUT2D eigenvalue weighted by molar-refractivity contribution is 0.207. The van der Waals surface area contributed by atoms with Crippen LogP contribution in [-0.2, 0) is 0 Å². The molecule has 0 bridgehead atoms. The van der Waals surface area contributed by atoms with E-state index in [0.717, 1.165) is 13.1 Å². The fourth-order valence-electron chi connectivity index (χ4n) is 1.77. The highest BCUT2D eigenvalue weighted by Gasteiger charge is 2.28. The third-order valence-electron chi connectivity index (χ3n) is 2.59. The molecule has 13 heavy (non-hydrogen) atoms. The van der Waals surface area contributed by atoms with Crippen molar-refractivity contribution >= 4 is 5.84 Å². The van der Waals surface area contributed by atoms with Gasteiger partial charge in [-0.1, -0.05) is 12.1 Å². The summed E-state index contributed by atoms with van der Waals surface area (Å²) >= 11 is 0. The molecule has 0 aromatic heterocycles. The van der Waals surface area contributed by atoms with E-state index in [1.54, 1.807) is 0 Å². The Morgan fingerprint density at radius 1 is 1.62 bits per heavy atom. The number of hydrogen-bond donors (Lipinski definition) is 3. The lowest BCUT2D eigenvalue weighted by Gasteiger charge is -2.13. The van der Waals surface area contributed by atoms with Crippen LogP contribution >= 0.6 is 0 Å². The van der Waals surface area contributed by atoms with Gasteiger partial charge in [-0.2, -0.15) is 0 Å². The quantitative estimate of drug-likeness (QED) is 0.236. The minimum atomic E-state index is 0.216. The summed E-state index contributed by atoms with van der Waals surface area (Å²) in [5.41, 5.74) is 5.38. The van der Waals surface area contributed by atoms with Gasteiger partial charge in [0.15, 0.2) is 5.84 Å². The lowest BCUT2D eigenvalue weighted by Crippen LogP contribution is -2.32. The second kappa shape index (κ2) is 4.43. The van der Waals surface area contributed by atoms with E-state index in [0.29, 0.717) is 18.4 Å². The minimum Gasteiger partial charge on any atom is -0.409 e. The Labute approximate surface area is 77.8 Å². The van der Waals surface area contributed by atoms with Crippen LogP contribution in [0.4, 0.5) is 0 Å². The van der Waals surface area contributed by atoms with Gasteiger partial charge in [0, 0.05) is 19.7 Å². The van der Waals surface area contributed by atoms with Gasteiger partial charge in [-0.05, 0) is 11.8 Å². The summed E-state index contributed by atoms with van der Waals surface area (Å²) in [5, 5.41) is 20.3. The molecular weight excluding hydrogens is 170 g/mol. The zero-order valence-corrected chi connectivity index (χ0v) is 7.85. The molecule has 2 atom stereocenters. The van der Waals surface area contributed by atoms with Crippen molar-refractivity contribution in [3.63, 3.8) is 0 Å². The molecule has 0 aliphatic carbocycles. The van der Waals surface area contributed by atoms with Crippen LogP contribution < -0.4 is 5.73 Å². The van der Waals surface area contributed by atoms with Crippen molar-refractivity contribution in [1.82, 2.24) is 4.90 Å². The average molecular weight is 187 g/mol. The molecule has 1 aliphatic heterocycles. The monoisotopic (exact) mass is 187 g/mol. The lowest BCUT2D eigenvalue weighted by atomic mass is 10.00. The van der Waals surface area contributed by atoms with Crippen molar-refractivity contribution in [2.45, 2.75) is 6.92 Å². The Morgan fingerprint density at radius 3 is 2.77 bits per heavy atom. The predicted octanol–water partition coefficient (Wildman–Crippen LogP) is -0.707. The fourth-order valence-corrected chi connectivity index (χ4v) is 1.77. The van der Waals surface area contributed by atoms with E-state index in [9.17, 15) is 0 Å². The molecule has 1 saturated heterocycles. The second-order valence-corrected chi connectivity index (χ2v) is 3.71. The summed E-state index contributed by atoms with van der Waals surface area (Å²) < 4.78 is 0. The molecular formula is C8H17N3O2. The normalized spacial score (nSPS) is 31.1. The molecule has 4 N–H and O–H groups in total. The Bertz CT molecular complexity index is 196. The highest BCUT2D eigenvalue weighted by atomic mass is 16.4. The topological polar surface area (TPSA) is 82.1 Å². The molecule has 0 unspecified atom stereocenters. The number of oxime groups is 1. The summed E-state index contributed by atoms with van der Waals surface area (Å²) in [6.45, 7) is 4.54. The maximum atomic E-state index is 9.01. The molecule has 0 aromatic carbocycles. The molecule has 0 spiro atoms. The standard InChI is InChI=1S/C8H17N3O2/c1-6-2-11(3-7(6)5-12)4-8(9)10-13/h6-7,12-13H,2-5H2,1H3,(H2,9,10)/t6-,7+/m0/s1. The third kappa shape index (κ3) is 2.57. The highest BCUT2D eigenvalue weighted by Crippen LogP contribution is 2.21. The van der Waals surface area contributed by atoms with Crippen molar-refractivity contribution in [3.8, 4) is 0 Å². The fraction of sp³-hybridized carbons (Fsp3) is 0.875. The largest absolute Gasteiger partial charge is 0.409 e. The van der Waals surface area contributed by atoms with Crippen LogP contribution in [0.5, 0.6) is 0 Å². The number of likely N-dealkylation sites (tertiary alicyclic amines) is 1. The van der Waals surface area contributed by atoms with Crippen LogP contribution in [0.3, 0.4) is 0 Å². The molecule has 0 amide bonds. The van der Waals surface area contributed by atoms with E-state index < -0.39 is 0 Å². The zero-order chi connectivity index (χ0) is 9.84. The Kier molecular flexibility index (Phi) is 3.50. The number of aliphatic hydroxyl groups excluding tert-OH is 1. The summed E-state index contributed by atoms with van der Waals surface area (Å²) in [6, 6.07) is 0. The van der Waals surface area contributed by atoms with Gasteiger partial charge >= 0.3 is 0 Å². The van der Waals surface area contributed by atoms with Crippen LogP contribution in [0.15, 0.2) is 5.16 Å². The summed E-state index contributed by atoms with van der Waals surface area (Å²) in [5.74, 6) is 1.04. The van der Waals surface area contributed by atoms with Gasteiger partial charge in [-0.15, -0.1) is 0 Å². The maximum Gasteiger partial charge on any atom is 0.153 e. The zero-order valence-electron chi connectivity index (χ0n) is 7.85. The molecule has 1 aliphatic rings. The number of aliphatic hydroxyl groups is 1. The van der Waals surface area contributed by atoms with E-state index >= 15 is 0 Å². The van der Waals surface area contributed by atoms with Gasteiger partial charge in [0.25, 0.3) is 0 Å². The molecule has 76 valence electrons. The Hall–Kier alpha value is -0.810. The Balaban J connectivity index is 2.40. The third-order valence-corrected chi connectivity index (χ3v) is 2.59. The first-order chi connectivity index (χ1) is 6.17. The van der Waals surface area contributed by atoms with Crippen molar-refractivity contribution in [2.24, 2.45) is 22.7 Å². The number of nitrogens with zero attached hydrogens (tertiary/aromatic N) is 2. The van der Waals surface area contributed by atoms with Crippen molar-refractivity contribution in [3.05, 3.63) is 0 Å². The summed E-state index contributed by atoms with van der Waals surface area (Å²) in [6.07, 6.45) is 0. The molecule has 1 heterocycles. The molecule has 0 aromatic rings. The molecule has 5 nitrogen and oxygen atoms in total.